The number of H-pyrrole nitrogens is 2. The number of allylic oxidation sites excluding steroid dienone is 5. The summed E-state index contributed by atoms with van der Waals surface area (Å²) >= 11 is 0. The predicted molar refractivity (Wildman–Crippen MR) is 149 cm³/mol. The van der Waals surface area contributed by atoms with Gasteiger partial charge in [0.25, 0.3) is 0 Å². The molecule has 2 heterocycles. The molecule has 1 aliphatic carbocycles. The monoisotopic (exact) mass is 442 g/mol. The van der Waals surface area contributed by atoms with Crippen LogP contribution in [0.2, 0.25) is 0 Å². The Morgan fingerprint density at radius 3 is 1.74 bits per heavy atom. The zero-order valence-corrected chi connectivity index (χ0v) is 20.1. The molecule has 1 aliphatic rings. The van der Waals surface area contributed by atoms with Crippen molar-refractivity contribution < 1.29 is 0 Å². The lowest BCUT2D eigenvalue weighted by Gasteiger charge is -2.10. The maximum atomic E-state index is 4.32. The van der Waals surface area contributed by atoms with Gasteiger partial charge in [-0.05, 0) is 41.7 Å². The fourth-order valence-corrected chi connectivity index (χ4v) is 4.76. The second kappa shape index (κ2) is 8.72. The lowest BCUT2D eigenvalue weighted by atomic mass is 9.95. The molecule has 4 aromatic rings. The van der Waals surface area contributed by atoms with Crippen LogP contribution in [0.1, 0.15) is 43.2 Å². The van der Waals surface area contributed by atoms with Crippen molar-refractivity contribution in [2.24, 2.45) is 5.92 Å². The Bertz CT molecular complexity index is 1580. The molecule has 1 atom stereocenters. The third-order valence-corrected chi connectivity index (χ3v) is 6.83. The highest BCUT2D eigenvalue weighted by molar-refractivity contribution is 6.03. The van der Waals surface area contributed by atoms with Gasteiger partial charge in [0.15, 0.2) is 0 Å². The van der Waals surface area contributed by atoms with E-state index in [1.54, 1.807) is 0 Å². The average molecular weight is 443 g/mol. The molecule has 0 saturated carbocycles. The molecule has 0 amide bonds. The minimum atomic E-state index is 0.393. The van der Waals surface area contributed by atoms with Gasteiger partial charge in [0, 0.05) is 27.4 Å². The van der Waals surface area contributed by atoms with Crippen molar-refractivity contribution in [2.75, 3.05) is 0 Å². The number of rotatable bonds is 5. The SMILES string of the molecule is C=c1[nH]c(-c2ccc(/C=C/c3ccc(/C=C/C)cc3)cc2)c2c(=C)[nH]c(C3=CC=C(C)C3C)c12. The van der Waals surface area contributed by atoms with Gasteiger partial charge in [-0.15, -0.1) is 0 Å². The third kappa shape index (κ3) is 3.82. The molecule has 5 rings (SSSR count). The van der Waals surface area contributed by atoms with Crippen molar-refractivity contribution in [3.63, 3.8) is 0 Å². The van der Waals surface area contributed by atoms with E-state index in [2.05, 4.69) is 122 Å². The quantitative estimate of drug-likeness (QED) is 0.307. The molecule has 0 radical (unpaired) electrons. The van der Waals surface area contributed by atoms with E-state index in [0.29, 0.717) is 5.92 Å². The molecule has 0 aliphatic heterocycles. The first-order chi connectivity index (χ1) is 16.5. The summed E-state index contributed by atoms with van der Waals surface area (Å²) in [7, 11) is 0. The fourth-order valence-electron chi connectivity index (χ4n) is 4.76. The second-order valence-electron chi connectivity index (χ2n) is 9.08. The number of benzene rings is 2. The van der Waals surface area contributed by atoms with Gasteiger partial charge in [0.05, 0.1) is 11.4 Å². The molecule has 2 aromatic carbocycles. The Labute approximate surface area is 201 Å². The van der Waals surface area contributed by atoms with E-state index >= 15 is 0 Å². The summed E-state index contributed by atoms with van der Waals surface area (Å²) < 4.78 is 0. The molecule has 168 valence electrons. The summed E-state index contributed by atoms with van der Waals surface area (Å²) in [5, 5.41) is 4.12. The lowest BCUT2D eigenvalue weighted by molar-refractivity contribution is 0.898. The van der Waals surface area contributed by atoms with Crippen molar-refractivity contribution >= 4 is 47.7 Å². The van der Waals surface area contributed by atoms with Gasteiger partial charge in [0.1, 0.15) is 0 Å². The highest BCUT2D eigenvalue weighted by Gasteiger charge is 2.22. The van der Waals surface area contributed by atoms with Crippen LogP contribution in [-0.4, -0.2) is 9.97 Å². The smallest absolute Gasteiger partial charge is 0.0559 e. The molecule has 0 spiro atoms. The molecular formula is C32H30N2. The summed E-state index contributed by atoms with van der Waals surface area (Å²) in [5.41, 5.74) is 9.57. The van der Waals surface area contributed by atoms with Gasteiger partial charge in [-0.25, -0.2) is 0 Å². The van der Waals surface area contributed by atoms with E-state index < -0.39 is 0 Å². The summed E-state index contributed by atoms with van der Waals surface area (Å²) in [6, 6.07) is 17.2. The van der Waals surface area contributed by atoms with E-state index in [-0.39, 0.29) is 0 Å². The molecule has 2 N–H and O–H groups in total. The largest absolute Gasteiger partial charge is 0.355 e. The first-order valence-corrected chi connectivity index (χ1v) is 11.8. The maximum Gasteiger partial charge on any atom is 0.0559 e. The van der Waals surface area contributed by atoms with Crippen LogP contribution in [0.4, 0.5) is 0 Å². The molecule has 0 fully saturated rings. The third-order valence-electron chi connectivity index (χ3n) is 6.83. The maximum absolute atomic E-state index is 4.32. The Kier molecular flexibility index (Phi) is 5.59. The molecule has 2 nitrogen and oxygen atoms in total. The van der Waals surface area contributed by atoms with Crippen LogP contribution in [0.5, 0.6) is 0 Å². The van der Waals surface area contributed by atoms with Gasteiger partial charge in [-0.1, -0.05) is 111 Å². The molecule has 34 heavy (non-hydrogen) atoms. The second-order valence-corrected chi connectivity index (χ2v) is 9.08. The summed E-state index contributed by atoms with van der Waals surface area (Å²) in [6.45, 7) is 15.1. The lowest BCUT2D eigenvalue weighted by Crippen LogP contribution is -2.05. The van der Waals surface area contributed by atoms with Crippen LogP contribution in [-0.2, 0) is 0 Å². The van der Waals surface area contributed by atoms with E-state index in [4.69, 9.17) is 0 Å². The fraction of sp³-hybridized carbons (Fsp3) is 0.125. The average Bonchev–Trinajstić information content (AvgIpc) is 3.48. The minimum Gasteiger partial charge on any atom is -0.355 e. The van der Waals surface area contributed by atoms with E-state index in [1.807, 2.05) is 6.92 Å². The molecule has 2 aromatic heterocycles. The molecule has 0 bridgehead atoms. The highest BCUT2D eigenvalue weighted by Crippen LogP contribution is 2.36. The first kappa shape index (κ1) is 21.8. The number of hydrogen-bond donors (Lipinski definition) is 2. The minimum absolute atomic E-state index is 0.393. The highest BCUT2D eigenvalue weighted by atomic mass is 14.8. The Balaban J connectivity index is 1.45. The van der Waals surface area contributed by atoms with Crippen LogP contribution >= 0.6 is 0 Å². The van der Waals surface area contributed by atoms with Crippen molar-refractivity contribution in [2.45, 2.75) is 20.8 Å². The summed E-state index contributed by atoms with van der Waals surface area (Å²) in [6.07, 6.45) is 12.9. The van der Waals surface area contributed by atoms with E-state index in [9.17, 15) is 0 Å². The van der Waals surface area contributed by atoms with Gasteiger partial charge in [0.2, 0.25) is 0 Å². The van der Waals surface area contributed by atoms with Crippen LogP contribution in [0.3, 0.4) is 0 Å². The molecular weight excluding hydrogens is 412 g/mol. The predicted octanol–water partition coefficient (Wildman–Crippen LogP) is 7.17. The first-order valence-electron chi connectivity index (χ1n) is 11.8. The number of aromatic nitrogens is 2. The number of fused-ring (bicyclic) bond motifs is 1. The van der Waals surface area contributed by atoms with Crippen molar-refractivity contribution in [3.05, 3.63) is 105 Å². The Hall–Kier alpha value is -4.04. The standard InChI is InChI=1S/C32H30N2/c1-6-7-24-9-11-25(12-10-24)13-14-26-15-17-27(18-16-26)31-29-22(4)34-32(30(29)23(5)33-31)28-19-8-20(2)21(28)3/h6-19,21,33-34H,4-5H2,1-3H3/b7-6+,14-13+. The van der Waals surface area contributed by atoms with Gasteiger partial charge < -0.3 is 9.97 Å². The molecule has 2 heteroatoms. The zero-order chi connectivity index (χ0) is 23.8. The molecule has 1 unspecified atom stereocenters. The van der Waals surface area contributed by atoms with Crippen LogP contribution in [0.15, 0.2) is 72.3 Å². The van der Waals surface area contributed by atoms with Gasteiger partial charge in [-0.2, -0.15) is 0 Å². The van der Waals surface area contributed by atoms with E-state index in [0.717, 1.165) is 44.0 Å². The van der Waals surface area contributed by atoms with Gasteiger partial charge >= 0.3 is 0 Å². The van der Waals surface area contributed by atoms with Crippen LogP contribution in [0, 0.1) is 5.92 Å². The Morgan fingerprint density at radius 1 is 0.706 bits per heavy atom. The van der Waals surface area contributed by atoms with E-state index in [1.165, 1.54) is 22.3 Å². The zero-order valence-electron chi connectivity index (χ0n) is 20.1. The van der Waals surface area contributed by atoms with Crippen LogP contribution < -0.4 is 10.7 Å². The van der Waals surface area contributed by atoms with Crippen molar-refractivity contribution in [1.82, 2.24) is 9.97 Å². The van der Waals surface area contributed by atoms with Crippen molar-refractivity contribution in [3.8, 4) is 11.3 Å². The topological polar surface area (TPSA) is 31.6 Å². The van der Waals surface area contributed by atoms with Crippen molar-refractivity contribution in [1.29, 1.82) is 0 Å². The normalized spacial score (nSPS) is 16.1. The number of aromatic amines is 2. The summed E-state index contributed by atoms with van der Waals surface area (Å²) in [5.74, 6) is 0.393. The van der Waals surface area contributed by atoms with Gasteiger partial charge in [-0.3, -0.25) is 0 Å². The molecule has 0 saturated heterocycles. The summed E-state index contributed by atoms with van der Waals surface area (Å²) in [4.78, 5) is 7.08. The Morgan fingerprint density at radius 2 is 1.21 bits per heavy atom. The number of nitrogens with one attached hydrogen (secondary N) is 2. The number of hydrogen-bond acceptors (Lipinski definition) is 0. The van der Waals surface area contributed by atoms with Crippen LogP contribution in [0.25, 0.3) is 59.0 Å².